The summed E-state index contributed by atoms with van der Waals surface area (Å²) in [6.07, 6.45) is 1.04. The molecule has 3 heteroatoms. The number of hydrogen-bond donors (Lipinski definition) is 0. The number of benzene rings is 4. The van der Waals surface area contributed by atoms with Crippen LogP contribution < -0.4 is 4.74 Å². The maximum absolute atomic E-state index is 6.73. The van der Waals surface area contributed by atoms with Gasteiger partial charge in [0.2, 0.25) is 0 Å². The van der Waals surface area contributed by atoms with Crippen molar-refractivity contribution >= 4 is 32.9 Å². The van der Waals surface area contributed by atoms with Crippen molar-refractivity contribution in [1.82, 2.24) is 4.90 Å². The Kier molecular flexibility index (Phi) is 3.78. The molecule has 0 fully saturated rings. The molecule has 0 radical (unpaired) electrons. The Morgan fingerprint density at radius 1 is 0.742 bits per heavy atom. The molecule has 0 saturated heterocycles. The Morgan fingerprint density at radius 2 is 1.52 bits per heavy atom. The van der Waals surface area contributed by atoms with E-state index in [9.17, 15) is 0 Å². The third-order valence-electron chi connectivity index (χ3n) is 6.84. The lowest BCUT2D eigenvalue weighted by Crippen LogP contribution is -2.44. The summed E-state index contributed by atoms with van der Waals surface area (Å²) in [5, 5.41) is 7.37. The molecule has 5 aromatic rings. The van der Waals surface area contributed by atoms with E-state index in [1.165, 1.54) is 43.1 Å². The second-order valence-corrected chi connectivity index (χ2v) is 9.43. The number of thiophene rings is 1. The fourth-order valence-corrected chi connectivity index (χ4v) is 6.36. The smallest absolute Gasteiger partial charge is 0.180 e. The molecule has 31 heavy (non-hydrogen) atoms. The lowest BCUT2D eigenvalue weighted by atomic mass is 9.86. The van der Waals surface area contributed by atoms with Crippen LogP contribution in [-0.2, 0) is 6.42 Å². The van der Waals surface area contributed by atoms with Crippen molar-refractivity contribution in [2.24, 2.45) is 0 Å². The summed E-state index contributed by atoms with van der Waals surface area (Å²) in [6, 6.07) is 31.0. The molecule has 3 heterocycles. The monoisotopic (exact) mass is 419 g/mol. The van der Waals surface area contributed by atoms with Gasteiger partial charge in [-0.3, -0.25) is 4.90 Å². The molecule has 0 spiro atoms. The molecule has 150 valence electrons. The first-order valence-corrected chi connectivity index (χ1v) is 11.7. The van der Waals surface area contributed by atoms with Gasteiger partial charge >= 0.3 is 0 Å². The molecular weight excluding hydrogens is 398 g/mol. The second-order valence-electron chi connectivity index (χ2n) is 8.43. The topological polar surface area (TPSA) is 12.5 Å². The lowest BCUT2D eigenvalue weighted by Gasteiger charge is -2.46. The molecule has 7 rings (SSSR count). The van der Waals surface area contributed by atoms with E-state index in [4.69, 9.17) is 4.74 Å². The zero-order chi connectivity index (χ0) is 20.4. The third kappa shape index (κ3) is 2.54. The molecule has 0 bridgehead atoms. The summed E-state index contributed by atoms with van der Waals surface area (Å²) in [6.45, 7) is 0.995. The Labute approximate surface area is 185 Å². The fourth-order valence-electron chi connectivity index (χ4n) is 5.47. The van der Waals surface area contributed by atoms with Gasteiger partial charge in [0.15, 0.2) is 6.23 Å². The summed E-state index contributed by atoms with van der Waals surface area (Å²) in [5.74, 6) is 1.01. The van der Waals surface area contributed by atoms with Crippen molar-refractivity contribution < 1.29 is 4.74 Å². The molecule has 4 aromatic carbocycles. The van der Waals surface area contributed by atoms with Crippen molar-refractivity contribution in [2.75, 3.05) is 6.54 Å². The van der Waals surface area contributed by atoms with E-state index in [-0.39, 0.29) is 12.3 Å². The van der Waals surface area contributed by atoms with E-state index < -0.39 is 0 Å². The van der Waals surface area contributed by atoms with Gasteiger partial charge in [0.05, 0.1) is 6.04 Å². The number of fused-ring (bicyclic) bond motifs is 7. The average Bonchev–Trinajstić information content (AvgIpc) is 3.32. The molecule has 2 aliphatic heterocycles. The average molecular weight is 420 g/mol. The zero-order valence-corrected chi connectivity index (χ0v) is 17.8. The van der Waals surface area contributed by atoms with Crippen molar-refractivity contribution in [2.45, 2.75) is 18.7 Å². The van der Waals surface area contributed by atoms with Crippen molar-refractivity contribution in [3.63, 3.8) is 0 Å². The molecule has 0 aliphatic carbocycles. The number of rotatable bonds is 1. The highest BCUT2D eigenvalue weighted by Crippen LogP contribution is 2.51. The quantitative estimate of drug-likeness (QED) is 0.287. The Hall–Kier alpha value is -3.14. The first-order valence-electron chi connectivity index (χ1n) is 10.9. The van der Waals surface area contributed by atoms with E-state index in [1.54, 1.807) is 0 Å². The minimum atomic E-state index is -0.0346. The van der Waals surface area contributed by atoms with Gasteiger partial charge in [0, 0.05) is 22.5 Å². The summed E-state index contributed by atoms with van der Waals surface area (Å²) in [4.78, 5) is 4.04. The third-order valence-corrected chi connectivity index (χ3v) is 7.83. The highest BCUT2D eigenvalue weighted by Gasteiger charge is 2.42. The zero-order valence-electron chi connectivity index (χ0n) is 17.0. The van der Waals surface area contributed by atoms with Crippen LogP contribution in [0.3, 0.4) is 0 Å². The molecular formula is C28H21NOS. The first-order chi connectivity index (χ1) is 15.4. The predicted octanol–water partition coefficient (Wildman–Crippen LogP) is 7.09. The van der Waals surface area contributed by atoms with Crippen LogP contribution in [0, 0.1) is 0 Å². The van der Waals surface area contributed by atoms with Crippen molar-refractivity contribution in [3.8, 4) is 5.75 Å². The summed E-state index contributed by atoms with van der Waals surface area (Å²) < 4.78 is 6.73. The van der Waals surface area contributed by atoms with Crippen molar-refractivity contribution in [1.29, 1.82) is 0 Å². The maximum atomic E-state index is 6.73. The summed E-state index contributed by atoms with van der Waals surface area (Å²) in [5.41, 5.74) is 3.99. The second kappa shape index (κ2) is 6.68. The number of ether oxygens (including phenoxy) is 1. The standard InChI is InChI=1S/C28H21NOS/c1-3-9-20-18(6-1)8-5-11-22(20)27-26-21-10-4-2-7-19(21)12-13-24(26)30-28-23-15-17-31-25(23)14-16-29(27)28/h1-13,15,17,27-28H,14,16H2/t27-,28+/m0/s1. The van der Waals surface area contributed by atoms with Crippen LogP contribution in [0.1, 0.15) is 33.8 Å². The van der Waals surface area contributed by atoms with Gasteiger partial charge < -0.3 is 4.74 Å². The molecule has 0 N–H and O–H groups in total. The van der Waals surface area contributed by atoms with Gasteiger partial charge in [-0.25, -0.2) is 0 Å². The maximum Gasteiger partial charge on any atom is 0.180 e. The van der Waals surface area contributed by atoms with E-state index in [0.717, 1.165) is 18.7 Å². The number of hydrogen-bond acceptors (Lipinski definition) is 3. The molecule has 2 nitrogen and oxygen atoms in total. The Bertz CT molecular complexity index is 1450. The minimum Gasteiger partial charge on any atom is -0.470 e. The normalized spacial score (nSPS) is 20.1. The molecule has 0 saturated carbocycles. The molecule has 0 amide bonds. The van der Waals surface area contributed by atoms with Crippen LogP contribution in [0.25, 0.3) is 21.5 Å². The lowest BCUT2D eigenvalue weighted by molar-refractivity contribution is -0.0248. The van der Waals surface area contributed by atoms with E-state index in [1.807, 2.05) is 11.3 Å². The predicted molar refractivity (Wildman–Crippen MR) is 128 cm³/mol. The highest BCUT2D eigenvalue weighted by molar-refractivity contribution is 7.10. The largest absolute Gasteiger partial charge is 0.470 e. The van der Waals surface area contributed by atoms with Gasteiger partial charge in [0.25, 0.3) is 0 Å². The highest BCUT2D eigenvalue weighted by atomic mass is 32.1. The van der Waals surface area contributed by atoms with Crippen LogP contribution >= 0.6 is 11.3 Å². The van der Waals surface area contributed by atoms with Crippen LogP contribution in [0.5, 0.6) is 5.75 Å². The van der Waals surface area contributed by atoms with E-state index in [2.05, 4.69) is 95.2 Å². The van der Waals surface area contributed by atoms with Crippen molar-refractivity contribution in [3.05, 3.63) is 112 Å². The van der Waals surface area contributed by atoms with Gasteiger partial charge in [-0.05, 0) is 51.0 Å². The molecule has 1 aromatic heterocycles. The SMILES string of the molecule is c1ccc2c([C@H]3c4c(ccc5ccccc45)O[C@@H]4c5ccsc5CCN34)cccc2c1. The van der Waals surface area contributed by atoms with Gasteiger partial charge in [-0.1, -0.05) is 72.8 Å². The van der Waals surface area contributed by atoms with Gasteiger partial charge in [-0.2, -0.15) is 0 Å². The van der Waals surface area contributed by atoms with E-state index in [0.29, 0.717) is 0 Å². The number of nitrogens with zero attached hydrogens (tertiary/aromatic N) is 1. The van der Waals surface area contributed by atoms with Gasteiger partial charge in [0.1, 0.15) is 5.75 Å². The molecule has 2 aliphatic rings. The Balaban J connectivity index is 1.55. The minimum absolute atomic E-state index is 0.0346. The van der Waals surface area contributed by atoms with E-state index >= 15 is 0 Å². The fraction of sp³-hybridized carbons (Fsp3) is 0.143. The molecule has 0 unspecified atom stereocenters. The van der Waals surface area contributed by atoms with Crippen LogP contribution in [-0.4, -0.2) is 11.4 Å². The van der Waals surface area contributed by atoms with Gasteiger partial charge in [-0.15, -0.1) is 11.3 Å². The molecule has 2 atom stereocenters. The summed E-state index contributed by atoms with van der Waals surface area (Å²) >= 11 is 1.86. The van der Waals surface area contributed by atoms with Crippen LogP contribution in [0.4, 0.5) is 0 Å². The Morgan fingerprint density at radius 3 is 2.42 bits per heavy atom. The van der Waals surface area contributed by atoms with Crippen LogP contribution in [0.2, 0.25) is 0 Å². The van der Waals surface area contributed by atoms with Crippen LogP contribution in [0.15, 0.2) is 90.3 Å². The summed E-state index contributed by atoms with van der Waals surface area (Å²) in [7, 11) is 0. The first kappa shape index (κ1) is 17.5.